The zero-order valence-electron chi connectivity index (χ0n) is 46.6. The SMILES string of the molecule is CCOCCCC(=O)[C@@H]1CSCC(=O)N[C@@H](CCCCN)C(=O)N[C@@H](CSC(C)(C)C)C(=O)C[C@@H](CCCN=C(N)N)C(=O)NCC(=O)C[C@@H](CC(=O)O)C(=O)N[C@@H](CSC(C)(C)C)C(=O)C[C@@H](Cc2ccccc2)C(=O)N1. The van der Waals surface area contributed by atoms with E-state index in [1.54, 1.807) is 30.3 Å². The number of unbranched alkanes of at least 4 members (excludes halogenated alkanes) is 1. The first-order valence-electron chi connectivity index (χ1n) is 26.7. The number of hydrogen-bond acceptors (Lipinski definition) is 16. The maximum atomic E-state index is 14.6. The van der Waals surface area contributed by atoms with E-state index in [2.05, 4.69) is 31.6 Å². The molecule has 1 aliphatic rings. The third-order valence-corrected chi connectivity index (χ3v) is 16.0. The number of carboxylic acids is 1. The van der Waals surface area contributed by atoms with Gasteiger partial charge in [-0.3, -0.25) is 52.9 Å². The van der Waals surface area contributed by atoms with E-state index in [0.29, 0.717) is 38.0 Å². The predicted molar refractivity (Wildman–Crippen MR) is 308 cm³/mol. The molecule has 0 saturated carbocycles. The molecule has 5 amide bonds. The summed E-state index contributed by atoms with van der Waals surface area (Å²) in [5.41, 5.74) is 17.6. The number of aliphatic carboxylic acids is 1. The minimum Gasteiger partial charge on any atom is -0.481 e. The molecule has 2 rings (SSSR count). The van der Waals surface area contributed by atoms with Crippen LogP contribution in [0.4, 0.5) is 0 Å². The number of carbonyl (C=O) groups is 10. The van der Waals surface area contributed by atoms with Gasteiger partial charge in [-0.2, -0.15) is 23.5 Å². The van der Waals surface area contributed by atoms with Gasteiger partial charge in [-0.1, -0.05) is 71.9 Å². The zero-order valence-corrected chi connectivity index (χ0v) is 49.1. The number of thioether (sulfide) groups is 3. The summed E-state index contributed by atoms with van der Waals surface area (Å²) >= 11 is 3.79. The molecule has 7 atom stereocenters. The summed E-state index contributed by atoms with van der Waals surface area (Å²) in [6.07, 6.45) is -0.352. The molecule has 0 aliphatic carbocycles. The Hall–Kier alpha value is -5.04. The average Bonchev–Trinajstić information content (AvgIpc) is 3.35. The maximum absolute atomic E-state index is 14.6. The molecule has 0 bridgehead atoms. The van der Waals surface area contributed by atoms with Crippen LogP contribution in [0.15, 0.2) is 35.3 Å². The largest absolute Gasteiger partial charge is 0.481 e. The Kier molecular flexibility index (Phi) is 32.1. The van der Waals surface area contributed by atoms with Crippen LogP contribution in [0.2, 0.25) is 0 Å². The van der Waals surface area contributed by atoms with Gasteiger partial charge in [-0.05, 0) is 64.0 Å². The van der Waals surface area contributed by atoms with Crippen LogP contribution in [0.1, 0.15) is 125 Å². The van der Waals surface area contributed by atoms with Crippen molar-refractivity contribution >= 4 is 99.9 Å². The first kappa shape index (κ1) is 69.1. The van der Waals surface area contributed by atoms with Gasteiger partial charge in [0.25, 0.3) is 0 Å². The lowest BCUT2D eigenvalue weighted by molar-refractivity contribution is -0.142. The number of hydrogen-bond donors (Lipinski definition) is 9. The number of ketones is 4. The molecule has 0 unspecified atom stereocenters. The highest BCUT2D eigenvalue weighted by Gasteiger charge is 2.36. The molecular weight excluding hydrogens is 1060 g/mol. The lowest BCUT2D eigenvalue weighted by atomic mass is 9.90. The summed E-state index contributed by atoms with van der Waals surface area (Å²) in [7, 11) is 0. The molecule has 21 nitrogen and oxygen atoms in total. The fraction of sp³-hybridized carbons (Fsp3) is 0.685. The molecule has 24 heteroatoms. The van der Waals surface area contributed by atoms with Gasteiger partial charge in [0.15, 0.2) is 29.1 Å². The van der Waals surface area contributed by atoms with Crippen LogP contribution in [0.3, 0.4) is 0 Å². The number of aliphatic imine (C=N–C) groups is 1. The second kappa shape index (κ2) is 36.3. The van der Waals surface area contributed by atoms with Crippen molar-refractivity contribution in [3.63, 3.8) is 0 Å². The topological polar surface area (TPSA) is 351 Å². The zero-order chi connectivity index (χ0) is 58.4. The van der Waals surface area contributed by atoms with Crippen molar-refractivity contribution in [2.24, 2.45) is 39.9 Å². The van der Waals surface area contributed by atoms with Crippen molar-refractivity contribution in [1.82, 2.24) is 26.6 Å². The Balaban J connectivity index is 2.78. The minimum absolute atomic E-state index is 0.0191. The van der Waals surface area contributed by atoms with Gasteiger partial charge < -0.3 is 53.6 Å². The first-order chi connectivity index (χ1) is 36.7. The Morgan fingerprint density at radius 1 is 0.731 bits per heavy atom. The number of rotatable bonds is 22. The fourth-order valence-electron chi connectivity index (χ4n) is 8.04. The second-order valence-electron chi connectivity index (χ2n) is 21.3. The first-order valence-corrected chi connectivity index (χ1v) is 29.9. The van der Waals surface area contributed by atoms with E-state index < -0.39 is 132 Å². The van der Waals surface area contributed by atoms with Gasteiger partial charge >= 0.3 is 5.97 Å². The van der Waals surface area contributed by atoms with Gasteiger partial charge in [-0.25, -0.2) is 0 Å². The molecular formula is C54H87N9O12S3. The van der Waals surface area contributed by atoms with Crippen molar-refractivity contribution < 1.29 is 57.8 Å². The van der Waals surface area contributed by atoms with E-state index in [1.807, 2.05) is 48.5 Å². The van der Waals surface area contributed by atoms with Gasteiger partial charge in [0.2, 0.25) is 29.5 Å². The number of guanidine groups is 1. The van der Waals surface area contributed by atoms with E-state index in [1.165, 1.54) is 23.5 Å². The molecule has 1 aliphatic heterocycles. The molecule has 1 aromatic carbocycles. The van der Waals surface area contributed by atoms with Crippen LogP contribution >= 0.6 is 35.3 Å². The minimum atomic E-state index is -1.48. The number of nitrogens with zero attached hydrogens (tertiary/aromatic N) is 1. The summed E-state index contributed by atoms with van der Waals surface area (Å²) in [6, 6.07) is 4.28. The smallest absolute Gasteiger partial charge is 0.304 e. The molecule has 78 heavy (non-hydrogen) atoms. The summed E-state index contributed by atoms with van der Waals surface area (Å²) in [5.74, 6) is -11.0. The lowest BCUT2D eigenvalue weighted by Gasteiger charge is -2.27. The Morgan fingerprint density at radius 3 is 1.91 bits per heavy atom. The van der Waals surface area contributed by atoms with E-state index in [4.69, 9.17) is 21.9 Å². The number of carboxylic acid groups (broad SMARTS) is 1. The van der Waals surface area contributed by atoms with Crippen LogP contribution in [0.25, 0.3) is 0 Å². The number of nitrogens with one attached hydrogen (secondary N) is 5. The van der Waals surface area contributed by atoms with Crippen molar-refractivity contribution in [2.75, 3.05) is 55.9 Å². The second-order valence-corrected chi connectivity index (χ2v) is 26.1. The third kappa shape index (κ3) is 29.8. The average molecular weight is 1150 g/mol. The number of carbonyl (C=O) groups excluding carboxylic acids is 9. The van der Waals surface area contributed by atoms with Gasteiger partial charge in [0, 0.05) is 84.0 Å². The van der Waals surface area contributed by atoms with Crippen LogP contribution < -0.4 is 43.8 Å². The number of amides is 5. The van der Waals surface area contributed by atoms with E-state index >= 15 is 0 Å². The van der Waals surface area contributed by atoms with Crippen molar-refractivity contribution in [3.8, 4) is 0 Å². The fourth-order valence-corrected chi connectivity index (χ4v) is 10.8. The summed E-state index contributed by atoms with van der Waals surface area (Å²) < 4.78 is 4.67. The van der Waals surface area contributed by atoms with Crippen LogP contribution in [0.5, 0.6) is 0 Å². The Morgan fingerprint density at radius 2 is 1.33 bits per heavy atom. The molecule has 438 valence electrons. The summed E-state index contributed by atoms with van der Waals surface area (Å²) in [6.45, 7) is 13.8. The van der Waals surface area contributed by atoms with Crippen molar-refractivity contribution in [1.29, 1.82) is 0 Å². The molecule has 0 radical (unpaired) electrons. The third-order valence-electron chi connectivity index (χ3n) is 12.2. The number of nitrogens with two attached hydrogens (primary N) is 3. The van der Waals surface area contributed by atoms with Gasteiger partial charge in [-0.15, -0.1) is 11.8 Å². The van der Waals surface area contributed by atoms with Gasteiger partial charge in [0.1, 0.15) is 6.04 Å². The maximum Gasteiger partial charge on any atom is 0.304 e. The Labute approximate surface area is 472 Å². The molecule has 1 saturated heterocycles. The van der Waals surface area contributed by atoms with Gasteiger partial charge in [0.05, 0.1) is 42.8 Å². The molecule has 0 aromatic heterocycles. The number of Topliss-reactive ketones (excluding diaryl/α,β-unsaturated/α-hetero) is 4. The monoisotopic (exact) mass is 1150 g/mol. The Bertz CT molecular complexity index is 2170. The molecule has 0 spiro atoms. The van der Waals surface area contributed by atoms with Crippen molar-refractivity contribution in [3.05, 3.63) is 35.9 Å². The standard InChI is InChI=1S/C54H87N9O12S3/c1-8-75-23-15-20-43(65)40-30-76-33-46(68)60-39(19-12-13-21-55)51(74)63-42(32-78-54(5,6)7)44(66)26-35(18-14-22-58-52(56)57)48(71)59-29-38(64)25-37(28-47(69)70)50(73)62-41(31-77-53(2,3)4)45(67)27-36(49(72)61-40)24-34-16-10-9-11-17-34/h9-11,16-17,35-37,39-42H,8,12-15,18-33,55H2,1-7H3,(H,59,71)(H,60,68)(H,61,72)(H,62,73)(H,63,74)(H,69,70)(H4,56,57,58)/t35-,36-,37+,39+,40+,41+,42+/m1/s1. The van der Waals surface area contributed by atoms with Crippen LogP contribution in [-0.2, 0) is 59.1 Å². The lowest BCUT2D eigenvalue weighted by Crippen LogP contribution is -2.53. The highest BCUT2D eigenvalue weighted by Crippen LogP contribution is 2.27. The predicted octanol–water partition coefficient (Wildman–Crippen LogP) is 2.86. The highest BCUT2D eigenvalue weighted by molar-refractivity contribution is 8.01. The van der Waals surface area contributed by atoms with Crippen LogP contribution in [-0.4, -0.2) is 159 Å². The van der Waals surface area contributed by atoms with E-state index in [9.17, 15) is 53.1 Å². The molecule has 12 N–H and O–H groups in total. The summed E-state index contributed by atoms with van der Waals surface area (Å²) in [4.78, 5) is 143. The van der Waals surface area contributed by atoms with E-state index in [-0.39, 0.29) is 84.8 Å². The summed E-state index contributed by atoms with van der Waals surface area (Å²) in [5, 5.41) is 23.7. The van der Waals surface area contributed by atoms with E-state index in [0.717, 1.165) is 11.8 Å². The van der Waals surface area contributed by atoms with Crippen LogP contribution in [0, 0.1) is 17.8 Å². The quantitative estimate of drug-likeness (QED) is 0.0458. The number of ether oxygens (including phenoxy) is 1. The molecule has 1 fully saturated rings. The van der Waals surface area contributed by atoms with Crippen molar-refractivity contribution in [2.45, 2.75) is 159 Å². The highest BCUT2D eigenvalue weighted by atomic mass is 32.2. The molecule has 1 heterocycles. The number of benzene rings is 1. The molecule has 1 aromatic rings. The normalized spacial score (nSPS) is 22.7.